The van der Waals surface area contributed by atoms with Crippen LogP contribution < -0.4 is 5.32 Å². The van der Waals surface area contributed by atoms with Gasteiger partial charge in [0.15, 0.2) is 5.82 Å². The summed E-state index contributed by atoms with van der Waals surface area (Å²) in [5, 5.41) is 13.5. The van der Waals surface area contributed by atoms with Crippen molar-refractivity contribution in [3.05, 3.63) is 34.1 Å². The van der Waals surface area contributed by atoms with Gasteiger partial charge < -0.3 is 14.8 Å². The van der Waals surface area contributed by atoms with E-state index in [1.165, 1.54) is 12.1 Å². The Morgan fingerprint density at radius 2 is 2.30 bits per heavy atom. The van der Waals surface area contributed by atoms with Crippen LogP contribution in [0.2, 0.25) is 0 Å². The van der Waals surface area contributed by atoms with Crippen LogP contribution in [0.3, 0.4) is 0 Å². The molecule has 3 unspecified atom stereocenters. The number of nitrogens with zero attached hydrogens (tertiary/aromatic N) is 1. The Labute approximate surface area is 116 Å². The van der Waals surface area contributed by atoms with Crippen molar-refractivity contribution in [3.8, 4) is 0 Å². The number of nitro groups is 1. The van der Waals surface area contributed by atoms with Crippen molar-refractivity contribution in [2.24, 2.45) is 0 Å². The van der Waals surface area contributed by atoms with Crippen LogP contribution in [0.5, 0.6) is 0 Å². The number of non-ortho nitro benzene ring substituents is 1. The lowest BCUT2D eigenvalue weighted by atomic mass is 9.85. The first-order valence-corrected chi connectivity index (χ1v) is 6.41. The van der Waals surface area contributed by atoms with Gasteiger partial charge in [0, 0.05) is 19.8 Å². The molecule has 1 aliphatic carbocycles. The molecule has 0 spiro atoms. The molecule has 1 saturated carbocycles. The molecule has 110 valence electrons. The second-order valence-electron chi connectivity index (χ2n) is 4.60. The van der Waals surface area contributed by atoms with E-state index in [1.807, 2.05) is 6.92 Å². The van der Waals surface area contributed by atoms with E-state index in [0.29, 0.717) is 13.0 Å². The number of hydrogen-bond donors (Lipinski definition) is 1. The van der Waals surface area contributed by atoms with Gasteiger partial charge in [0.25, 0.3) is 5.69 Å². The van der Waals surface area contributed by atoms with Crippen molar-refractivity contribution in [1.29, 1.82) is 0 Å². The molecule has 0 amide bonds. The molecule has 0 bridgehead atoms. The van der Waals surface area contributed by atoms with Gasteiger partial charge in [0.05, 0.1) is 28.8 Å². The van der Waals surface area contributed by atoms with Crippen LogP contribution in [-0.2, 0) is 9.47 Å². The van der Waals surface area contributed by atoms with Crippen LogP contribution in [0.1, 0.15) is 13.3 Å². The van der Waals surface area contributed by atoms with Crippen LogP contribution >= 0.6 is 0 Å². The second kappa shape index (κ2) is 6.15. The maximum absolute atomic E-state index is 13.8. The fraction of sp³-hybridized carbons (Fsp3) is 0.538. The Balaban J connectivity index is 2.02. The van der Waals surface area contributed by atoms with Gasteiger partial charge in [-0.15, -0.1) is 0 Å². The van der Waals surface area contributed by atoms with E-state index >= 15 is 0 Å². The van der Waals surface area contributed by atoms with Crippen molar-refractivity contribution in [2.45, 2.75) is 31.6 Å². The lowest BCUT2D eigenvalue weighted by Gasteiger charge is -2.43. The summed E-state index contributed by atoms with van der Waals surface area (Å²) in [7, 11) is 1.58. The highest BCUT2D eigenvalue weighted by atomic mass is 19.1. The van der Waals surface area contributed by atoms with Gasteiger partial charge in [-0.1, -0.05) is 0 Å². The quantitative estimate of drug-likeness (QED) is 0.641. The van der Waals surface area contributed by atoms with Gasteiger partial charge in [-0.25, -0.2) is 4.39 Å². The van der Waals surface area contributed by atoms with Gasteiger partial charge in [-0.2, -0.15) is 0 Å². The lowest BCUT2D eigenvalue weighted by molar-refractivity contribution is -0.385. The van der Waals surface area contributed by atoms with Gasteiger partial charge in [-0.05, 0) is 19.4 Å². The Morgan fingerprint density at radius 3 is 2.85 bits per heavy atom. The summed E-state index contributed by atoms with van der Waals surface area (Å²) in [5.41, 5.74) is -0.0326. The Morgan fingerprint density at radius 1 is 1.55 bits per heavy atom. The maximum atomic E-state index is 13.8. The molecule has 0 radical (unpaired) electrons. The molecule has 7 heteroatoms. The molecule has 0 heterocycles. The van der Waals surface area contributed by atoms with Crippen molar-refractivity contribution in [1.82, 2.24) is 0 Å². The molecule has 1 aliphatic rings. The zero-order valence-corrected chi connectivity index (χ0v) is 11.3. The van der Waals surface area contributed by atoms with E-state index < -0.39 is 10.7 Å². The van der Waals surface area contributed by atoms with E-state index in [2.05, 4.69) is 5.32 Å². The van der Waals surface area contributed by atoms with Gasteiger partial charge in [0.2, 0.25) is 0 Å². The summed E-state index contributed by atoms with van der Waals surface area (Å²) in [6.07, 6.45) is 0.566. The second-order valence-corrected chi connectivity index (χ2v) is 4.60. The summed E-state index contributed by atoms with van der Waals surface area (Å²) < 4.78 is 24.6. The standard InChI is InChI=1S/C13H17FN2O4/c1-3-20-12-7-11(13(12)19-2)15-10-5-4-8(16(17)18)6-9(10)14/h4-6,11-13,15H,3,7H2,1-2H3. The first kappa shape index (κ1) is 14.7. The molecule has 2 rings (SSSR count). The average Bonchev–Trinajstić information content (AvgIpc) is 2.39. The third-order valence-electron chi connectivity index (χ3n) is 3.41. The highest BCUT2D eigenvalue weighted by Crippen LogP contribution is 2.31. The summed E-state index contributed by atoms with van der Waals surface area (Å²) in [4.78, 5) is 9.92. The Kier molecular flexibility index (Phi) is 4.51. The molecule has 6 nitrogen and oxygen atoms in total. The number of halogens is 1. The number of nitro benzene ring substituents is 1. The van der Waals surface area contributed by atoms with Gasteiger partial charge >= 0.3 is 0 Å². The Hall–Kier alpha value is -1.73. The zero-order valence-electron chi connectivity index (χ0n) is 11.3. The van der Waals surface area contributed by atoms with E-state index in [9.17, 15) is 14.5 Å². The molecular formula is C13H17FN2O4. The molecule has 0 aliphatic heterocycles. The van der Waals surface area contributed by atoms with Crippen LogP contribution in [-0.4, -0.2) is 36.9 Å². The monoisotopic (exact) mass is 284 g/mol. The molecule has 1 N–H and O–H groups in total. The largest absolute Gasteiger partial charge is 0.377 e. The highest BCUT2D eigenvalue weighted by molar-refractivity contribution is 5.51. The van der Waals surface area contributed by atoms with E-state index in [1.54, 1.807) is 7.11 Å². The first-order valence-electron chi connectivity index (χ1n) is 6.41. The van der Waals surface area contributed by atoms with Crippen molar-refractivity contribution < 1.29 is 18.8 Å². The molecule has 1 fully saturated rings. The fourth-order valence-corrected chi connectivity index (χ4v) is 2.35. The Bertz CT molecular complexity index is 497. The smallest absolute Gasteiger partial charge is 0.272 e. The minimum absolute atomic E-state index is 0.00334. The van der Waals surface area contributed by atoms with Crippen LogP contribution in [0, 0.1) is 15.9 Å². The predicted molar refractivity (Wildman–Crippen MR) is 71.3 cm³/mol. The number of nitrogens with one attached hydrogen (secondary N) is 1. The van der Waals surface area contributed by atoms with Crippen LogP contribution in [0.25, 0.3) is 0 Å². The molecule has 1 aromatic rings. The number of hydrogen-bond acceptors (Lipinski definition) is 5. The van der Waals surface area contributed by atoms with Crippen molar-refractivity contribution >= 4 is 11.4 Å². The summed E-state index contributed by atoms with van der Waals surface area (Å²) in [6.45, 7) is 2.51. The van der Waals surface area contributed by atoms with E-state index in [-0.39, 0.29) is 29.6 Å². The molecule has 1 aromatic carbocycles. The molecule has 0 saturated heterocycles. The third-order valence-corrected chi connectivity index (χ3v) is 3.41. The minimum Gasteiger partial charge on any atom is -0.377 e. The SMILES string of the molecule is CCOC1CC(Nc2ccc([N+](=O)[O-])cc2F)C1OC. The number of anilines is 1. The number of benzene rings is 1. The van der Waals surface area contributed by atoms with Gasteiger partial charge in [0.1, 0.15) is 6.10 Å². The number of ether oxygens (including phenoxy) is 2. The molecule has 3 atom stereocenters. The van der Waals surface area contributed by atoms with Crippen molar-refractivity contribution in [2.75, 3.05) is 19.0 Å². The first-order chi connectivity index (χ1) is 9.56. The zero-order chi connectivity index (χ0) is 14.7. The summed E-state index contributed by atoms with van der Waals surface area (Å²) in [6, 6.07) is 3.48. The third kappa shape index (κ3) is 2.88. The maximum Gasteiger partial charge on any atom is 0.272 e. The highest BCUT2D eigenvalue weighted by Gasteiger charge is 2.42. The van der Waals surface area contributed by atoms with E-state index in [0.717, 1.165) is 6.07 Å². The number of rotatable bonds is 6. The molecule has 20 heavy (non-hydrogen) atoms. The fourth-order valence-electron chi connectivity index (χ4n) is 2.35. The summed E-state index contributed by atoms with van der Waals surface area (Å²) >= 11 is 0. The summed E-state index contributed by atoms with van der Waals surface area (Å²) in [5.74, 6) is -0.645. The minimum atomic E-state index is -0.645. The van der Waals surface area contributed by atoms with E-state index in [4.69, 9.17) is 9.47 Å². The average molecular weight is 284 g/mol. The molecule has 0 aromatic heterocycles. The number of methoxy groups -OCH3 is 1. The normalized spacial score (nSPS) is 25.1. The van der Waals surface area contributed by atoms with Gasteiger partial charge in [-0.3, -0.25) is 10.1 Å². The van der Waals surface area contributed by atoms with Crippen LogP contribution in [0.15, 0.2) is 18.2 Å². The lowest BCUT2D eigenvalue weighted by Crippen LogP contribution is -2.56. The predicted octanol–water partition coefficient (Wildman–Crippen LogP) is 2.34. The van der Waals surface area contributed by atoms with Crippen LogP contribution in [0.4, 0.5) is 15.8 Å². The van der Waals surface area contributed by atoms with Crippen molar-refractivity contribution in [3.63, 3.8) is 0 Å². The topological polar surface area (TPSA) is 73.6 Å². The molecular weight excluding hydrogens is 267 g/mol.